The number of anilines is 2. The second-order valence-corrected chi connectivity index (χ2v) is 4.33. The predicted octanol–water partition coefficient (Wildman–Crippen LogP) is 0.611. The van der Waals surface area contributed by atoms with E-state index in [4.69, 9.17) is 4.74 Å². The number of halogens is 1. The molecule has 0 amide bonds. The van der Waals surface area contributed by atoms with Crippen LogP contribution in [-0.4, -0.2) is 47.5 Å². The molecule has 1 fully saturated rings. The lowest BCUT2D eigenvalue weighted by Crippen LogP contribution is -2.42. The van der Waals surface area contributed by atoms with Crippen molar-refractivity contribution in [1.29, 1.82) is 0 Å². The monoisotopic (exact) mass is 256 g/mol. The second-order valence-electron chi connectivity index (χ2n) is 4.33. The fourth-order valence-corrected chi connectivity index (χ4v) is 1.79. The Morgan fingerprint density at radius 2 is 2.22 bits per heavy atom. The van der Waals surface area contributed by atoms with E-state index in [1.807, 2.05) is 0 Å². The Morgan fingerprint density at radius 3 is 2.89 bits per heavy atom. The molecular formula is C11H17FN4O2. The highest BCUT2D eigenvalue weighted by Crippen LogP contribution is 2.21. The number of nitrogens with zero attached hydrogens (tertiary/aromatic N) is 2. The molecule has 1 aromatic rings. The average molecular weight is 256 g/mol. The molecule has 0 aromatic carbocycles. The van der Waals surface area contributed by atoms with E-state index >= 15 is 0 Å². The summed E-state index contributed by atoms with van der Waals surface area (Å²) in [5.41, 5.74) is -0.866. The predicted molar refractivity (Wildman–Crippen MR) is 65.0 cm³/mol. The summed E-state index contributed by atoms with van der Waals surface area (Å²) in [6.45, 7) is 1.28. The summed E-state index contributed by atoms with van der Waals surface area (Å²) >= 11 is 0. The average Bonchev–Trinajstić information content (AvgIpc) is 2.39. The molecule has 1 saturated heterocycles. The van der Waals surface area contributed by atoms with Gasteiger partial charge in [0.1, 0.15) is 0 Å². The SMILES string of the molecule is CNc1ncc(F)c(NCC2(O)CCOCC2)n1. The molecule has 0 saturated carbocycles. The molecule has 0 spiro atoms. The van der Waals surface area contributed by atoms with E-state index in [1.165, 1.54) is 0 Å². The summed E-state index contributed by atoms with van der Waals surface area (Å²) in [4.78, 5) is 7.71. The van der Waals surface area contributed by atoms with Gasteiger partial charge in [-0.15, -0.1) is 0 Å². The minimum atomic E-state index is -0.866. The Balaban J connectivity index is 2.00. The first-order valence-corrected chi connectivity index (χ1v) is 5.87. The lowest BCUT2D eigenvalue weighted by Gasteiger charge is -2.32. The summed E-state index contributed by atoms with van der Waals surface area (Å²) in [5, 5.41) is 15.8. The zero-order chi connectivity index (χ0) is 13.0. The van der Waals surface area contributed by atoms with Gasteiger partial charge in [-0.3, -0.25) is 0 Å². The molecule has 0 atom stereocenters. The van der Waals surface area contributed by atoms with E-state index in [2.05, 4.69) is 20.6 Å². The maximum absolute atomic E-state index is 13.5. The minimum absolute atomic E-state index is 0.0919. The van der Waals surface area contributed by atoms with Gasteiger partial charge < -0.3 is 20.5 Å². The van der Waals surface area contributed by atoms with Crippen LogP contribution in [0.1, 0.15) is 12.8 Å². The largest absolute Gasteiger partial charge is 0.388 e. The number of nitrogens with one attached hydrogen (secondary N) is 2. The van der Waals surface area contributed by atoms with Crippen molar-refractivity contribution in [2.75, 3.05) is 37.4 Å². The first kappa shape index (κ1) is 13.0. The van der Waals surface area contributed by atoms with Gasteiger partial charge in [0.05, 0.1) is 11.8 Å². The zero-order valence-electron chi connectivity index (χ0n) is 10.2. The second kappa shape index (κ2) is 5.45. The van der Waals surface area contributed by atoms with Crippen molar-refractivity contribution in [2.45, 2.75) is 18.4 Å². The Labute approximate surface area is 105 Å². The van der Waals surface area contributed by atoms with Crippen molar-refractivity contribution in [3.63, 3.8) is 0 Å². The van der Waals surface area contributed by atoms with Crippen LogP contribution in [-0.2, 0) is 4.74 Å². The van der Waals surface area contributed by atoms with Crippen molar-refractivity contribution in [3.8, 4) is 0 Å². The molecule has 3 N–H and O–H groups in total. The number of hydrogen-bond acceptors (Lipinski definition) is 6. The molecule has 0 aliphatic carbocycles. The molecule has 0 radical (unpaired) electrons. The summed E-state index contributed by atoms with van der Waals surface area (Å²) < 4.78 is 18.6. The molecule has 0 bridgehead atoms. The summed E-state index contributed by atoms with van der Waals surface area (Å²) in [6, 6.07) is 0. The molecule has 1 aliphatic heterocycles. The highest BCUT2D eigenvalue weighted by molar-refractivity contribution is 5.41. The Kier molecular flexibility index (Phi) is 3.93. The van der Waals surface area contributed by atoms with Gasteiger partial charge in [0.2, 0.25) is 5.95 Å². The maximum Gasteiger partial charge on any atom is 0.224 e. The van der Waals surface area contributed by atoms with Gasteiger partial charge in [0.25, 0.3) is 0 Å². The van der Waals surface area contributed by atoms with Crippen LogP contribution in [0.5, 0.6) is 0 Å². The Bertz CT molecular complexity index is 410. The standard InChI is InChI=1S/C11H17FN4O2/c1-13-10-14-6-8(12)9(16-10)15-7-11(17)2-4-18-5-3-11/h6,17H,2-5,7H2,1H3,(H2,13,14,15,16). The molecule has 18 heavy (non-hydrogen) atoms. The number of aliphatic hydroxyl groups is 1. The van der Waals surface area contributed by atoms with Crippen LogP contribution in [0.2, 0.25) is 0 Å². The third-order valence-corrected chi connectivity index (χ3v) is 2.98. The van der Waals surface area contributed by atoms with E-state index < -0.39 is 11.4 Å². The van der Waals surface area contributed by atoms with Gasteiger partial charge in [-0.1, -0.05) is 0 Å². The fourth-order valence-electron chi connectivity index (χ4n) is 1.79. The number of hydrogen-bond donors (Lipinski definition) is 3. The van der Waals surface area contributed by atoms with E-state index in [0.717, 1.165) is 6.20 Å². The van der Waals surface area contributed by atoms with Crippen LogP contribution in [0.4, 0.5) is 16.2 Å². The van der Waals surface area contributed by atoms with Crippen molar-refractivity contribution in [2.24, 2.45) is 0 Å². The number of rotatable bonds is 4. The fraction of sp³-hybridized carbons (Fsp3) is 0.636. The molecule has 2 rings (SSSR count). The van der Waals surface area contributed by atoms with E-state index in [9.17, 15) is 9.50 Å². The molecule has 6 nitrogen and oxygen atoms in total. The highest BCUT2D eigenvalue weighted by atomic mass is 19.1. The number of aromatic nitrogens is 2. The van der Waals surface area contributed by atoms with E-state index in [1.54, 1.807) is 7.05 Å². The van der Waals surface area contributed by atoms with Crippen LogP contribution < -0.4 is 10.6 Å². The molecule has 1 aliphatic rings. The van der Waals surface area contributed by atoms with Crippen LogP contribution >= 0.6 is 0 Å². The molecule has 1 aromatic heterocycles. The third-order valence-electron chi connectivity index (χ3n) is 2.98. The molecule has 100 valence electrons. The smallest absolute Gasteiger partial charge is 0.224 e. The lowest BCUT2D eigenvalue weighted by atomic mass is 9.94. The third kappa shape index (κ3) is 3.05. The van der Waals surface area contributed by atoms with Crippen LogP contribution in [0, 0.1) is 5.82 Å². The van der Waals surface area contributed by atoms with Gasteiger partial charge in [-0.2, -0.15) is 4.98 Å². The van der Waals surface area contributed by atoms with Gasteiger partial charge in [0, 0.05) is 39.6 Å². The molecule has 0 unspecified atom stereocenters. The topological polar surface area (TPSA) is 79.3 Å². The quantitative estimate of drug-likeness (QED) is 0.732. The van der Waals surface area contributed by atoms with Crippen molar-refractivity contribution in [1.82, 2.24) is 9.97 Å². The number of ether oxygens (including phenoxy) is 1. The first-order valence-electron chi connectivity index (χ1n) is 5.87. The molecular weight excluding hydrogens is 239 g/mol. The van der Waals surface area contributed by atoms with Gasteiger partial charge >= 0.3 is 0 Å². The summed E-state index contributed by atoms with van der Waals surface area (Å²) in [7, 11) is 1.66. The highest BCUT2D eigenvalue weighted by Gasteiger charge is 2.29. The van der Waals surface area contributed by atoms with Crippen LogP contribution in [0.25, 0.3) is 0 Å². The zero-order valence-corrected chi connectivity index (χ0v) is 10.2. The Hall–Kier alpha value is -1.47. The summed E-state index contributed by atoms with van der Waals surface area (Å²) in [6.07, 6.45) is 2.16. The summed E-state index contributed by atoms with van der Waals surface area (Å²) in [5.74, 6) is -0.114. The van der Waals surface area contributed by atoms with Crippen molar-refractivity contribution in [3.05, 3.63) is 12.0 Å². The Morgan fingerprint density at radius 1 is 1.50 bits per heavy atom. The molecule has 7 heteroatoms. The van der Waals surface area contributed by atoms with Gasteiger partial charge in [-0.05, 0) is 0 Å². The van der Waals surface area contributed by atoms with Crippen molar-refractivity contribution < 1.29 is 14.2 Å². The van der Waals surface area contributed by atoms with E-state index in [0.29, 0.717) is 32.0 Å². The maximum atomic E-state index is 13.5. The molecule has 2 heterocycles. The lowest BCUT2D eigenvalue weighted by molar-refractivity contribution is -0.0544. The van der Waals surface area contributed by atoms with Crippen LogP contribution in [0.15, 0.2) is 6.20 Å². The van der Waals surface area contributed by atoms with Gasteiger partial charge in [0.15, 0.2) is 11.6 Å². The van der Waals surface area contributed by atoms with Crippen molar-refractivity contribution >= 4 is 11.8 Å². The van der Waals surface area contributed by atoms with Crippen LogP contribution in [0.3, 0.4) is 0 Å². The van der Waals surface area contributed by atoms with Gasteiger partial charge in [-0.25, -0.2) is 9.37 Å². The normalized spacial score (nSPS) is 18.4. The minimum Gasteiger partial charge on any atom is -0.388 e. The van der Waals surface area contributed by atoms with E-state index in [-0.39, 0.29) is 12.4 Å². The first-order chi connectivity index (χ1) is 8.63.